The maximum absolute atomic E-state index is 11.9. The molecule has 0 saturated heterocycles. The Balaban J connectivity index is 1.82. The van der Waals surface area contributed by atoms with Crippen LogP contribution in [0.2, 0.25) is 0 Å². The molecule has 0 aliphatic rings. The van der Waals surface area contributed by atoms with Crippen molar-refractivity contribution in [3.05, 3.63) is 54.4 Å². The van der Waals surface area contributed by atoms with Crippen LogP contribution in [0.4, 0.5) is 0 Å². The van der Waals surface area contributed by atoms with E-state index in [9.17, 15) is 9.90 Å². The third kappa shape index (κ3) is 2.70. The number of rotatable bonds is 3. The summed E-state index contributed by atoms with van der Waals surface area (Å²) in [5.74, 6) is -0.817. The molecule has 0 fully saturated rings. The Morgan fingerprint density at radius 3 is 2.80 bits per heavy atom. The van der Waals surface area contributed by atoms with Gasteiger partial charge in [0, 0.05) is 5.56 Å². The Morgan fingerprint density at radius 2 is 2.00 bits per heavy atom. The molecule has 0 radical (unpaired) electrons. The van der Waals surface area contributed by atoms with Crippen LogP contribution in [0.1, 0.15) is 17.4 Å². The number of pyridine rings is 1. The van der Waals surface area contributed by atoms with Gasteiger partial charge in [-0.05, 0) is 23.8 Å². The third-order valence-electron chi connectivity index (χ3n) is 3.87. The average molecular weight is 350 g/mol. The number of benzene rings is 2. The van der Waals surface area contributed by atoms with Crippen LogP contribution in [0.25, 0.3) is 31.6 Å². The summed E-state index contributed by atoms with van der Waals surface area (Å²) in [5, 5.41) is 13.4. The van der Waals surface area contributed by atoms with Crippen LogP contribution in [0, 0.1) is 0 Å². The summed E-state index contributed by atoms with van der Waals surface area (Å²) in [5.41, 5.74) is 1.43. The second-order valence-electron chi connectivity index (χ2n) is 5.47. The Hall–Kier alpha value is -2.99. The van der Waals surface area contributed by atoms with Crippen LogP contribution in [0.15, 0.2) is 48.7 Å². The number of aromatic hydroxyl groups is 1. The molecule has 25 heavy (non-hydrogen) atoms. The summed E-state index contributed by atoms with van der Waals surface area (Å²) >= 11 is 1.33. The average Bonchev–Trinajstić information content (AvgIpc) is 3.07. The number of nitrogens with zero attached hydrogens (tertiary/aromatic N) is 2. The molecule has 1 N–H and O–H groups in total. The molecule has 0 unspecified atom stereocenters. The highest BCUT2D eigenvalue weighted by atomic mass is 32.1. The van der Waals surface area contributed by atoms with Gasteiger partial charge in [-0.3, -0.25) is 0 Å². The molecule has 0 spiro atoms. The first-order chi connectivity index (χ1) is 12.2. The fourth-order valence-corrected chi connectivity index (χ4v) is 3.66. The van der Waals surface area contributed by atoms with Gasteiger partial charge in [-0.2, -0.15) is 0 Å². The van der Waals surface area contributed by atoms with E-state index in [1.807, 2.05) is 30.3 Å². The first-order valence-corrected chi connectivity index (χ1v) is 8.64. The van der Waals surface area contributed by atoms with Crippen molar-refractivity contribution in [1.29, 1.82) is 0 Å². The Bertz CT molecular complexity index is 1100. The van der Waals surface area contributed by atoms with E-state index in [2.05, 4.69) is 22.1 Å². The molecule has 4 rings (SSSR count). The molecule has 2 heterocycles. The van der Waals surface area contributed by atoms with Crippen LogP contribution < -0.4 is 0 Å². The zero-order chi connectivity index (χ0) is 17.4. The number of fused-ring (bicyclic) bond motifs is 2. The molecular weight excluding hydrogens is 336 g/mol. The predicted octanol–water partition coefficient (Wildman–Crippen LogP) is 4.39. The minimum atomic E-state index is -0.637. The van der Waals surface area contributed by atoms with Crippen LogP contribution in [-0.2, 0) is 4.74 Å². The van der Waals surface area contributed by atoms with E-state index >= 15 is 0 Å². The fraction of sp³-hybridized carbons (Fsp3) is 0.105. The summed E-state index contributed by atoms with van der Waals surface area (Å²) in [6.45, 7) is 1.93. The van der Waals surface area contributed by atoms with Gasteiger partial charge in [-0.15, -0.1) is 11.3 Å². The molecule has 6 heteroatoms. The molecular formula is C19H14N2O3S. The number of ether oxygens (including phenoxy) is 1. The van der Waals surface area contributed by atoms with Gasteiger partial charge in [-0.1, -0.05) is 36.4 Å². The van der Waals surface area contributed by atoms with Gasteiger partial charge < -0.3 is 9.84 Å². The lowest BCUT2D eigenvalue weighted by molar-refractivity contribution is 0.0516. The van der Waals surface area contributed by atoms with Gasteiger partial charge in [0.25, 0.3) is 0 Å². The molecule has 4 aromatic rings. The number of hydrogen-bond donors (Lipinski definition) is 1. The van der Waals surface area contributed by atoms with E-state index in [1.54, 1.807) is 6.92 Å². The molecule has 0 bridgehead atoms. The highest BCUT2D eigenvalue weighted by molar-refractivity contribution is 7.22. The molecule has 5 nitrogen and oxygen atoms in total. The topological polar surface area (TPSA) is 72.3 Å². The van der Waals surface area contributed by atoms with E-state index in [1.165, 1.54) is 17.5 Å². The molecule has 124 valence electrons. The number of aromatic nitrogens is 2. The van der Waals surface area contributed by atoms with Crippen molar-refractivity contribution < 1.29 is 14.6 Å². The lowest BCUT2D eigenvalue weighted by Gasteiger charge is -2.02. The Labute approximate surface area is 147 Å². The zero-order valence-electron chi connectivity index (χ0n) is 13.4. The van der Waals surface area contributed by atoms with Crippen LogP contribution >= 0.6 is 11.3 Å². The molecule has 0 saturated carbocycles. The smallest absolute Gasteiger partial charge is 0.360 e. The summed E-state index contributed by atoms with van der Waals surface area (Å²) in [7, 11) is 0. The van der Waals surface area contributed by atoms with Crippen LogP contribution in [0.5, 0.6) is 5.75 Å². The normalized spacial score (nSPS) is 11.1. The maximum Gasteiger partial charge on any atom is 0.360 e. The zero-order valence-corrected chi connectivity index (χ0v) is 14.2. The van der Waals surface area contributed by atoms with E-state index in [4.69, 9.17) is 4.74 Å². The summed E-state index contributed by atoms with van der Waals surface area (Å²) in [6, 6.07) is 14.2. The molecule has 2 aromatic carbocycles. The quantitative estimate of drug-likeness (QED) is 0.555. The van der Waals surface area contributed by atoms with E-state index in [0.717, 1.165) is 21.3 Å². The minimum Gasteiger partial charge on any atom is -0.504 e. The van der Waals surface area contributed by atoms with Crippen molar-refractivity contribution >= 4 is 38.3 Å². The molecule has 0 atom stereocenters. The van der Waals surface area contributed by atoms with Crippen molar-refractivity contribution in [3.8, 4) is 16.3 Å². The van der Waals surface area contributed by atoms with Gasteiger partial charge in [0.15, 0.2) is 11.4 Å². The van der Waals surface area contributed by atoms with E-state index in [-0.39, 0.29) is 18.1 Å². The number of hydrogen-bond acceptors (Lipinski definition) is 6. The Morgan fingerprint density at radius 1 is 1.20 bits per heavy atom. The number of carbonyl (C=O) groups excluding carboxylic acids is 1. The molecule has 0 aliphatic heterocycles. The third-order valence-corrected chi connectivity index (χ3v) is 5.00. The van der Waals surface area contributed by atoms with E-state index in [0.29, 0.717) is 10.2 Å². The van der Waals surface area contributed by atoms with E-state index < -0.39 is 5.97 Å². The van der Waals surface area contributed by atoms with Gasteiger partial charge in [0.2, 0.25) is 0 Å². The highest BCUT2D eigenvalue weighted by Gasteiger charge is 2.20. The van der Waals surface area contributed by atoms with Gasteiger partial charge in [0.05, 0.1) is 12.8 Å². The predicted molar refractivity (Wildman–Crippen MR) is 98.0 cm³/mol. The largest absolute Gasteiger partial charge is 0.504 e. The van der Waals surface area contributed by atoms with Crippen LogP contribution in [-0.4, -0.2) is 27.7 Å². The number of thiazole rings is 1. The first kappa shape index (κ1) is 15.5. The lowest BCUT2D eigenvalue weighted by Crippen LogP contribution is -2.07. The summed E-state index contributed by atoms with van der Waals surface area (Å²) < 4.78 is 5.45. The fourth-order valence-electron chi connectivity index (χ4n) is 2.68. The van der Waals surface area contributed by atoms with Crippen LogP contribution in [0.3, 0.4) is 0 Å². The van der Waals surface area contributed by atoms with Crippen molar-refractivity contribution in [1.82, 2.24) is 9.97 Å². The lowest BCUT2D eigenvalue weighted by atomic mass is 10.1. The standard InChI is InChI=1S/C19H14N2O3S/c1-2-24-19(23)15-16(22)17-14(10-20-15)21-18(25-17)13-8-7-11-5-3-4-6-12(11)9-13/h3-10,22H,2H2,1H3. The maximum atomic E-state index is 11.9. The minimum absolute atomic E-state index is 0.0805. The molecule has 0 amide bonds. The first-order valence-electron chi connectivity index (χ1n) is 7.82. The van der Waals surface area contributed by atoms with Crippen molar-refractivity contribution in [2.75, 3.05) is 6.61 Å². The van der Waals surface area contributed by atoms with Gasteiger partial charge in [-0.25, -0.2) is 14.8 Å². The Kier molecular flexibility index (Phi) is 3.82. The summed E-state index contributed by atoms with van der Waals surface area (Å²) in [4.78, 5) is 20.4. The number of esters is 1. The second-order valence-corrected chi connectivity index (χ2v) is 6.47. The van der Waals surface area contributed by atoms with Crippen molar-refractivity contribution in [2.45, 2.75) is 6.92 Å². The van der Waals surface area contributed by atoms with Crippen molar-refractivity contribution in [2.24, 2.45) is 0 Å². The van der Waals surface area contributed by atoms with Crippen molar-refractivity contribution in [3.63, 3.8) is 0 Å². The van der Waals surface area contributed by atoms with Gasteiger partial charge in [0.1, 0.15) is 15.2 Å². The molecule has 2 aromatic heterocycles. The summed E-state index contributed by atoms with van der Waals surface area (Å²) in [6.07, 6.45) is 1.49. The SMILES string of the molecule is CCOC(=O)c1ncc2nc(-c3ccc4ccccc4c3)sc2c1O. The monoisotopic (exact) mass is 350 g/mol. The highest BCUT2D eigenvalue weighted by Crippen LogP contribution is 2.37. The number of carbonyl (C=O) groups is 1. The molecule has 0 aliphatic carbocycles. The van der Waals surface area contributed by atoms with Gasteiger partial charge >= 0.3 is 5.97 Å². The second kappa shape index (κ2) is 6.14.